The predicted molar refractivity (Wildman–Crippen MR) is 67.8 cm³/mol. The molecule has 1 saturated heterocycles. The highest BCUT2D eigenvalue weighted by Gasteiger charge is 2.22. The predicted octanol–water partition coefficient (Wildman–Crippen LogP) is -0.0972. The number of likely N-dealkylation sites (tertiary alicyclic amines) is 1. The van der Waals surface area contributed by atoms with E-state index in [1.165, 1.54) is 26.5 Å². The van der Waals surface area contributed by atoms with E-state index in [0.29, 0.717) is 12.5 Å². The number of hydrogen-bond acceptors (Lipinski definition) is 5. The minimum Gasteiger partial charge on any atom is -0.468 e. The molecule has 1 aliphatic heterocycles. The maximum Gasteiger partial charge on any atom is 0.322 e. The Hall–Kier alpha value is -0.650. The molecule has 0 aromatic carbocycles. The lowest BCUT2D eigenvalue weighted by atomic mass is 10.0. The highest BCUT2D eigenvalue weighted by Crippen LogP contribution is 2.13. The summed E-state index contributed by atoms with van der Waals surface area (Å²) in [6.07, 6.45) is 3.13. The summed E-state index contributed by atoms with van der Waals surface area (Å²) in [5.41, 5.74) is 5.72. The summed E-state index contributed by atoms with van der Waals surface area (Å²) in [6, 6.07) is 0.0855. The number of piperidine rings is 1. The average Bonchev–Trinajstić information content (AvgIpc) is 2.34. The fraction of sp³-hybridized carbons (Fsp3) is 0.917. The molecular formula is C12H25N3O2. The Balaban J connectivity index is 2.28. The van der Waals surface area contributed by atoms with Gasteiger partial charge in [-0.15, -0.1) is 0 Å². The first-order valence-electron chi connectivity index (χ1n) is 6.26. The smallest absolute Gasteiger partial charge is 0.322 e. The van der Waals surface area contributed by atoms with E-state index in [1.807, 2.05) is 0 Å². The largest absolute Gasteiger partial charge is 0.468 e. The minimum absolute atomic E-state index is 0.320. The zero-order valence-electron chi connectivity index (χ0n) is 11.2. The van der Waals surface area contributed by atoms with Crippen molar-refractivity contribution in [1.29, 1.82) is 0 Å². The summed E-state index contributed by atoms with van der Waals surface area (Å²) >= 11 is 0. The standard InChI is InChI=1S/C12H25N3O2/c1-14-7-4-5-10(9-14)15(2)8-6-11(13)12(16)17-3/h10-11H,4-9,13H2,1-3H3. The number of hydrogen-bond donors (Lipinski definition) is 1. The molecule has 2 N–H and O–H groups in total. The van der Waals surface area contributed by atoms with Crippen molar-refractivity contribution in [3.8, 4) is 0 Å². The number of methoxy groups -OCH3 is 1. The molecule has 0 spiro atoms. The molecule has 5 heteroatoms. The molecule has 5 nitrogen and oxygen atoms in total. The zero-order chi connectivity index (χ0) is 12.8. The van der Waals surface area contributed by atoms with E-state index in [0.717, 1.165) is 13.1 Å². The molecule has 0 aromatic heterocycles. The first kappa shape index (κ1) is 14.4. The number of ether oxygens (including phenoxy) is 1. The maximum atomic E-state index is 11.2. The van der Waals surface area contributed by atoms with Crippen molar-refractivity contribution in [3.63, 3.8) is 0 Å². The number of carbonyl (C=O) groups excluding carboxylic acids is 1. The number of nitrogens with two attached hydrogens (primary N) is 1. The third-order valence-electron chi connectivity index (χ3n) is 3.52. The first-order chi connectivity index (χ1) is 8.04. The van der Waals surface area contributed by atoms with E-state index in [9.17, 15) is 4.79 Å². The fourth-order valence-electron chi connectivity index (χ4n) is 2.29. The lowest BCUT2D eigenvalue weighted by Gasteiger charge is -2.36. The van der Waals surface area contributed by atoms with Gasteiger partial charge in [-0.25, -0.2) is 0 Å². The van der Waals surface area contributed by atoms with E-state index in [4.69, 9.17) is 5.73 Å². The third kappa shape index (κ3) is 4.61. The minimum atomic E-state index is -0.497. The summed E-state index contributed by atoms with van der Waals surface area (Å²) in [4.78, 5) is 15.8. The lowest BCUT2D eigenvalue weighted by molar-refractivity contribution is -0.142. The molecule has 2 atom stereocenters. The molecular weight excluding hydrogens is 218 g/mol. The topological polar surface area (TPSA) is 58.8 Å². The van der Waals surface area contributed by atoms with Crippen LogP contribution in [0.4, 0.5) is 0 Å². The molecule has 1 heterocycles. The van der Waals surface area contributed by atoms with Crippen molar-refractivity contribution in [2.24, 2.45) is 5.73 Å². The molecule has 0 radical (unpaired) electrons. The normalized spacial score (nSPS) is 23.7. The van der Waals surface area contributed by atoms with Gasteiger partial charge in [-0.1, -0.05) is 0 Å². The van der Waals surface area contributed by atoms with Gasteiger partial charge in [-0.05, 0) is 39.9 Å². The Kier molecular flexibility index (Phi) is 5.88. The average molecular weight is 243 g/mol. The van der Waals surface area contributed by atoms with Crippen LogP contribution >= 0.6 is 0 Å². The van der Waals surface area contributed by atoms with Crippen molar-refractivity contribution in [2.75, 3.05) is 40.8 Å². The van der Waals surface area contributed by atoms with Crippen molar-refractivity contribution in [3.05, 3.63) is 0 Å². The Morgan fingerprint density at radius 2 is 2.35 bits per heavy atom. The van der Waals surface area contributed by atoms with E-state index in [2.05, 4.69) is 28.6 Å². The Labute approximate surface area is 104 Å². The van der Waals surface area contributed by atoms with Crippen LogP contribution in [0.25, 0.3) is 0 Å². The van der Waals surface area contributed by atoms with Crippen molar-refractivity contribution < 1.29 is 9.53 Å². The summed E-state index contributed by atoms with van der Waals surface area (Å²) in [7, 11) is 5.63. The number of nitrogens with zero attached hydrogens (tertiary/aromatic N) is 2. The number of rotatable bonds is 5. The highest BCUT2D eigenvalue weighted by molar-refractivity contribution is 5.75. The second-order valence-electron chi connectivity index (χ2n) is 4.96. The quantitative estimate of drug-likeness (QED) is 0.684. The second kappa shape index (κ2) is 6.93. The van der Waals surface area contributed by atoms with Gasteiger partial charge in [-0.2, -0.15) is 0 Å². The Bertz CT molecular complexity index is 248. The van der Waals surface area contributed by atoms with Crippen molar-refractivity contribution in [1.82, 2.24) is 9.80 Å². The second-order valence-corrected chi connectivity index (χ2v) is 4.96. The number of esters is 1. The molecule has 100 valence electrons. The van der Waals surface area contributed by atoms with Crippen LogP contribution in [0.1, 0.15) is 19.3 Å². The van der Waals surface area contributed by atoms with Gasteiger partial charge in [0.05, 0.1) is 7.11 Å². The van der Waals surface area contributed by atoms with Crippen LogP contribution in [-0.4, -0.2) is 68.7 Å². The van der Waals surface area contributed by atoms with E-state index in [-0.39, 0.29) is 5.97 Å². The summed E-state index contributed by atoms with van der Waals surface area (Å²) in [6.45, 7) is 3.13. The van der Waals surface area contributed by atoms with Crippen LogP contribution in [-0.2, 0) is 9.53 Å². The van der Waals surface area contributed by atoms with Crippen LogP contribution < -0.4 is 5.73 Å². The monoisotopic (exact) mass is 243 g/mol. The van der Waals surface area contributed by atoms with Gasteiger partial charge in [0, 0.05) is 19.1 Å². The zero-order valence-corrected chi connectivity index (χ0v) is 11.2. The number of likely N-dealkylation sites (N-methyl/N-ethyl adjacent to an activating group) is 2. The molecule has 2 unspecified atom stereocenters. The Morgan fingerprint density at radius 1 is 1.65 bits per heavy atom. The molecule has 1 fully saturated rings. The molecule has 0 aromatic rings. The maximum absolute atomic E-state index is 11.2. The van der Waals surface area contributed by atoms with Crippen LogP contribution in [0, 0.1) is 0 Å². The van der Waals surface area contributed by atoms with Gasteiger partial charge in [0.2, 0.25) is 0 Å². The van der Waals surface area contributed by atoms with Gasteiger partial charge in [0.25, 0.3) is 0 Å². The number of carbonyl (C=O) groups is 1. The summed E-state index contributed by atoms with van der Waals surface area (Å²) in [5.74, 6) is -0.320. The third-order valence-corrected chi connectivity index (χ3v) is 3.52. The fourth-order valence-corrected chi connectivity index (χ4v) is 2.29. The van der Waals surface area contributed by atoms with Crippen molar-refractivity contribution >= 4 is 5.97 Å². The molecule has 0 amide bonds. The van der Waals surface area contributed by atoms with Gasteiger partial charge < -0.3 is 20.3 Å². The van der Waals surface area contributed by atoms with E-state index in [1.54, 1.807) is 0 Å². The van der Waals surface area contributed by atoms with Gasteiger partial charge in [-0.3, -0.25) is 4.79 Å². The highest BCUT2D eigenvalue weighted by atomic mass is 16.5. The summed E-state index contributed by atoms with van der Waals surface area (Å²) < 4.78 is 4.62. The van der Waals surface area contributed by atoms with E-state index < -0.39 is 6.04 Å². The molecule has 0 saturated carbocycles. The van der Waals surface area contributed by atoms with Gasteiger partial charge >= 0.3 is 5.97 Å². The van der Waals surface area contributed by atoms with Crippen LogP contribution in [0.2, 0.25) is 0 Å². The SMILES string of the molecule is COC(=O)C(N)CCN(C)C1CCCN(C)C1. The van der Waals surface area contributed by atoms with Gasteiger partial charge in [0.1, 0.15) is 6.04 Å². The molecule has 1 rings (SSSR count). The summed E-state index contributed by atoms with van der Waals surface area (Å²) in [5, 5.41) is 0. The molecule has 17 heavy (non-hydrogen) atoms. The van der Waals surface area contributed by atoms with Gasteiger partial charge in [0.15, 0.2) is 0 Å². The Morgan fingerprint density at radius 3 is 2.94 bits per heavy atom. The van der Waals surface area contributed by atoms with Crippen LogP contribution in [0.5, 0.6) is 0 Å². The van der Waals surface area contributed by atoms with Crippen LogP contribution in [0.3, 0.4) is 0 Å². The lowest BCUT2D eigenvalue weighted by Crippen LogP contribution is -2.46. The molecule has 0 bridgehead atoms. The molecule has 1 aliphatic rings. The van der Waals surface area contributed by atoms with E-state index >= 15 is 0 Å². The first-order valence-corrected chi connectivity index (χ1v) is 6.26. The van der Waals surface area contributed by atoms with Crippen LogP contribution in [0.15, 0.2) is 0 Å². The molecule has 0 aliphatic carbocycles. The van der Waals surface area contributed by atoms with Crippen molar-refractivity contribution in [2.45, 2.75) is 31.3 Å².